The lowest BCUT2D eigenvalue weighted by molar-refractivity contribution is -0.140. The number of hydrogen-bond acceptors (Lipinski definition) is 5. The third-order valence-electron chi connectivity index (χ3n) is 4.78. The third-order valence-corrected chi connectivity index (χ3v) is 4.78. The fourth-order valence-electron chi connectivity index (χ4n) is 3.03. The van der Waals surface area contributed by atoms with E-state index in [1.807, 2.05) is 38.1 Å². The number of benzene rings is 2. The Morgan fingerprint density at radius 1 is 1.16 bits per heavy atom. The molecule has 0 atom stereocenters. The van der Waals surface area contributed by atoms with Gasteiger partial charge in [0.15, 0.2) is 0 Å². The van der Waals surface area contributed by atoms with E-state index in [9.17, 15) is 9.59 Å². The average molecular weight is 421 g/mol. The van der Waals surface area contributed by atoms with Gasteiger partial charge in [0.1, 0.15) is 5.84 Å². The van der Waals surface area contributed by atoms with Crippen LogP contribution in [0.5, 0.6) is 0 Å². The van der Waals surface area contributed by atoms with Gasteiger partial charge in [0.25, 0.3) is 0 Å². The van der Waals surface area contributed by atoms with Gasteiger partial charge in [-0.2, -0.15) is 0 Å². The molecule has 0 unspecified atom stereocenters. The summed E-state index contributed by atoms with van der Waals surface area (Å²) in [5.74, 6) is 5.82. The van der Waals surface area contributed by atoms with Crippen LogP contribution in [0.4, 0.5) is 11.4 Å². The molecule has 0 saturated carbocycles. The van der Waals surface area contributed by atoms with Crippen LogP contribution in [0.25, 0.3) is 0 Å². The molecule has 0 aliphatic rings. The maximum Gasteiger partial charge on any atom is 0.307 e. The maximum absolute atomic E-state index is 12.1. The highest BCUT2D eigenvalue weighted by Gasteiger charge is 2.16. The number of esters is 1. The second-order valence-electron chi connectivity index (χ2n) is 7.10. The van der Waals surface area contributed by atoms with Crippen molar-refractivity contribution in [1.29, 1.82) is 5.41 Å². The van der Waals surface area contributed by atoms with E-state index in [0.717, 1.165) is 28.1 Å². The molecular weight excluding hydrogens is 392 g/mol. The zero-order valence-electron chi connectivity index (χ0n) is 18.3. The first-order chi connectivity index (χ1) is 14.7. The molecule has 1 amide bonds. The Kier molecular flexibility index (Phi) is 8.21. The molecule has 0 radical (unpaired) electrons. The normalized spacial score (nSPS) is 9.94. The highest BCUT2D eigenvalue weighted by Crippen LogP contribution is 2.25. The predicted octanol–water partition coefficient (Wildman–Crippen LogP) is 2.97. The van der Waals surface area contributed by atoms with E-state index in [4.69, 9.17) is 11.1 Å². The van der Waals surface area contributed by atoms with Crippen LogP contribution in [0, 0.1) is 31.1 Å². The minimum atomic E-state index is -0.355. The lowest BCUT2D eigenvalue weighted by Crippen LogP contribution is -2.31. The van der Waals surface area contributed by atoms with Crippen molar-refractivity contribution in [3.05, 3.63) is 58.7 Å². The first-order valence-corrected chi connectivity index (χ1v) is 9.86. The van der Waals surface area contributed by atoms with Crippen LogP contribution in [-0.2, 0) is 14.3 Å². The number of carbonyl (C=O) groups excluding carboxylic acids is 2. The zero-order chi connectivity index (χ0) is 23.0. The quantitative estimate of drug-likeness (QED) is 0.276. The number of ether oxygens (including phenoxy) is 1. The highest BCUT2D eigenvalue weighted by molar-refractivity contribution is 5.95. The smallest absolute Gasteiger partial charge is 0.307 e. The summed E-state index contributed by atoms with van der Waals surface area (Å²) < 4.78 is 4.68. The second kappa shape index (κ2) is 10.8. The van der Waals surface area contributed by atoms with Gasteiger partial charge < -0.3 is 20.7 Å². The lowest BCUT2D eigenvalue weighted by Gasteiger charge is -2.23. The summed E-state index contributed by atoms with van der Waals surface area (Å²) in [4.78, 5) is 25.2. The summed E-state index contributed by atoms with van der Waals surface area (Å²) >= 11 is 0. The van der Waals surface area contributed by atoms with Gasteiger partial charge in [-0.15, -0.1) is 0 Å². The number of aryl methyl sites for hydroxylation is 2. The fraction of sp³-hybridized carbons (Fsp3) is 0.292. The van der Waals surface area contributed by atoms with E-state index in [2.05, 4.69) is 21.9 Å². The molecule has 0 fully saturated rings. The summed E-state index contributed by atoms with van der Waals surface area (Å²) in [5.41, 5.74) is 10.5. The fourth-order valence-corrected chi connectivity index (χ4v) is 3.03. The van der Waals surface area contributed by atoms with Crippen LogP contribution < -0.4 is 16.0 Å². The van der Waals surface area contributed by atoms with E-state index in [1.54, 1.807) is 17.0 Å². The number of nitrogens with two attached hydrogens (primary N) is 1. The van der Waals surface area contributed by atoms with Gasteiger partial charge in [0.05, 0.1) is 20.1 Å². The van der Waals surface area contributed by atoms with E-state index >= 15 is 0 Å². The number of hydrogen-bond donors (Lipinski definition) is 3. The van der Waals surface area contributed by atoms with E-state index < -0.39 is 0 Å². The number of rotatable bonds is 7. The molecule has 0 aliphatic heterocycles. The van der Waals surface area contributed by atoms with Gasteiger partial charge in [-0.25, -0.2) is 0 Å². The molecule has 2 aromatic rings. The van der Waals surface area contributed by atoms with Crippen LogP contribution in [0.15, 0.2) is 36.4 Å². The van der Waals surface area contributed by atoms with Gasteiger partial charge in [-0.05, 0) is 61.4 Å². The first kappa shape index (κ1) is 23.5. The van der Waals surface area contributed by atoms with Gasteiger partial charge >= 0.3 is 5.97 Å². The Labute approximate surface area is 183 Å². The standard InChI is InChI=1S/C24H28N4O3/c1-16-15-22(28(18(3)29)13-11-23(30)31-4)17(2)14-20(16)6-5-12-27-21-9-7-19(8-10-21)24(25)26/h7-10,14-15,27H,11-13H2,1-4H3,(H3,25,26). The van der Waals surface area contributed by atoms with Crippen molar-refractivity contribution in [3.63, 3.8) is 0 Å². The van der Waals surface area contributed by atoms with Gasteiger partial charge in [0.2, 0.25) is 5.91 Å². The molecular formula is C24H28N4O3. The molecule has 0 heterocycles. The number of carbonyl (C=O) groups is 2. The first-order valence-electron chi connectivity index (χ1n) is 9.86. The van der Waals surface area contributed by atoms with Crippen molar-refractivity contribution >= 4 is 29.1 Å². The van der Waals surface area contributed by atoms with Crippen LogP contribution in [0.3, 0.4) is 0 Å². The molecule has 7 nitrogen and oxygen atoms in total. The van der Waals surface area contributed by atoms with Crippen LogP contribution >= 0.6 is 0 Å². The van der Waals surface area contributed by atoms with Crippen molar-refractivity contribution in [2.75, 3.05) is 30.4 Å². The van der Waals surface area contributed by atoms with Crippen molar-refractivity contribution in [2.45, 2.75) is 27.2 Å². The van der Waals surface area contributed by atoms with Crippen molar-refractivity contribution in [3.8, 4) is 11.8 Å². The summed E-state index contributed by atoms with van der Waals surface area (Å²) in [6, 6.07) is 11.1. The van der Waals surface area contributed by atoms with Gasteiger partial charge in [0, 0.05) is 36.0 Å². The largest absolute Gasteiger partial charge is 0.469 e. The Bertz CT molecular complexity index is 1030. The summed E-state index contributed by atoms with van der Waals surface area (Å²) in [7, 11) is 1.33. The topological polar surface area (TPSA) is 109 Å². The third kappa shape index (κ3) is 6.61. The molecule has 0 aromatic heterocycles. The number of amides is 1. The van der Waals surface area contributed by atoms with Gasteiger partial charge in [-0.3, -0.25) is 15.0 Å². The summed E-state index contributed by atoms with van der Waals surface area (Å²) in [5, 5.41) is 10.6. The number of nitrogens with zero attached hydrogens (tertiary/aromatic N) is 1. The SMILES string of the molecule is COC(=O)CCN(C(C)=O)c1cc(C)c(C#CCNc2ccc(C(=N)N)cc2)cc1C. The number of amidine groups is 1. The van der Waals surface area contributed by atoms with Crippen LogP contribution in [0.2, 0.25) is 0 Å². The minimum absolute atomic E-state index is 0.0364. The predicted molar refractivity (Wildman–Crippen MR) is 123 cm³/mol. The maximum atomic E-state index is 12.1. The summed E-state index contributed by atoms with van der Waals surface area (Å²) in [6.45, 7) is 6.06. The van der Waals surface area contributed by atoms with Gasteiger partial charge in [-0.1, -0.05) is 11.8 Å². The average Bonchev–Trinajstić information content (AvgIpc) is 2.73. The Morgan fingerprint density at radius 3 is 2.42 bits per heavy atom. The van der Waals surface area contributed by atoms with Crippen molar-refractivity contribution in [2.24, 2.45) is 5.73 Å². The van der Waals surface area contributed by atoms with E-state index in [-0.39, 0.29) is 30.7 Å². The van der Waals surface area contributed by atoms with Crippen LogP contribution in [0.1, 0.15) is 35.6 Å². The molecule has 4 N–H and O–H groups in total. The molecule has 0 saturated heterocycles. The number of anilines is 2. The molecule has 0 aliphatic carbocycles. The number of nitrogen functional groups attached to an aromatic ring is 1. The molecule has 162 valence electrons. The monoisotopic (exact) mass is 420 g/mol. The second-order valence-corrected chi connectivity index (χ2v) is 7.10. The Morgan fingerprint density at radius 2 is 1.84 bits per heavy atom. The van der Waals surface area contributed by atoms with Crippen molar-refractivity contribution in [1.82, 2.24) is 0 Å². The molecule has 7 heteroatoms. The lowest BCUT2D eigenvalue weighted by atomic mass is 10.0. The van der Waals surface area contributed by atoms with Crippen LogP contribution in [-0.4, -0.2) is 37.9 Å². The summed E-state index contributed by atoms with van der Waals surface area (Å²) in [6.07, 6.45) is 0.134. The van der Waals surface area contributed by atoms with E-state index in [1.165, 1.54) is 14.0 Å². The minimum Gasteiger partial charge on any atom is -0.469 e. The molecule has 2 aromatic carbocycles. The zero-order valence-corrected chi connectivity index (χ0v) is 18.3. The molecule has 31 heavy (non-hydrogen) atoms. The molecule has 2 rings (SSSR count). The number of nitrogens with one attached hydrogen (secondary N) is 2. The molecule has 0 bridgehead atoms. The van der Waals surface area contributed by atoms with Crippen molar-refractivity contribution < 1.29 is 14.3 Å². The molecule has 0 spiro atoms. The Balaban J connectivity index is 2.10. The number of methoxy groups -OCH3 is 1. The Hall–Kier alpha value is -3.79. The van der Waals surface area contributed by atoms with E-state index in [0.29, 0.717) is 12.1 Å². The highest BCUT2D eigenvalue weighted by atomic mass is 16.5.